The number of pyridine rings is 2. The van der Waals surface area contributed by atoms with Crippen molar-refractivity contribution in [2.75, 3.05) is 24.3 Å². The molecule has 0 aliphatic carbocycles. The minimum absolute atomic E-state index is 0.311. The average molecular weight is 277 g/mol. The summed E-state index contributed by atoms with van der Waals surface area (Å²) in [5.41, 5.74) is 0.954. The van der Waals surface area contributed by atoms with Gasteiger partial charge < -0.3 is 10.2 Å². The van der Waals surface area contributed by atoms with Crippen LogP contribution in [0.2, 0.25) is 5.02 Å². The van der Waals surface area contributed by atoms with Gasteiger partial charge in [0.1, 0.15) is 0 Å². The van der Waals surface area contributed by atoms with Crippen molar-refractivity contribution in [3.05, 3.63) is 47.4 Å². The van der Waals surface area contributed by atoms with Gasteiger partial charge in [-0.2, -0.15) is 0 Å². The zero-order valence-corrected chi connectivity index (χ0v) is 11.3. The first-order valence-electron chi connectivity index (χ1n) is 5.63. The summed E-state index contributed by atoms with van der Waals surface area (Å²) in [6, 6.07) is 5.12. The fourth-order valence-corrected chi connectivity index (χ4v) is 1.78. The third kappa shape index (κ3) is 3.00. The van der Waals surface area contributed by atoms with E-state index in [4.69, 9.17) is 11.6 Å². The van der Waals surface area contributed by atoms with Crippen molar-refractivity contribution >= 4 is 29.0 Å². The number of rotatable bonds is 3. The molecule has 2 rings (SSSR count). The van der Waals surface area contributed by atoms with E-state index < -0.39 is 0 Å². The smallest absolute Gasteiger partial charge is 0.258 e. The van der Waals surface area contributed by atoms with Gasteiger partial charge in [0.05, 0.1) is 16.3 Å². The monoisotopic (exact) mass is 276 g/mol. The van der Waals surface area contributed by atoms with Crippen LogP contribution < -0.4 is 10.2 Å². The summed E-state index contributed by atoms with van der Waals surface area (Å²) in [6.45, 7) is 0. The molecule has 98 valence electrons. The van der Waals surface area contributed by atoms with Crippen molar-refractivity contribution in [1.29, 1.82) is 0 Å². The molecule has 0 aromatic carbocycles. The molecule has 1 amide bonds. The third-order valence-corrected chi connectivity index (χ3v) is 2.80. The van der Waals surface area contributed by atoms with Crippen molar-refractivity contribution in [1.82, 2.24) is 9.97 Å². The van der Waals surface area contributed by atoms with Crippen LogP contribution in [-0.2, 0) is 0 Å². The molecule has 0 spiro atoms. The second-order valence-corrected chi connectivity index (χ2v) is 4.49. The van der Waals surface area contributed by atoms with E-state index in [0.29, 0.717) is 22.1 Å². The maximum Gasteiger partial charge on any atom is 0.258 e. The van der Waals surface area contributed by atoms with Gasteiger partial charge in [-0.05, 0) is 18.2 Å². The van der Waals surface area contributed by atoms with Crippen LogP contribution in [0.25, 0.3) is 0 Å². The number of hydrogen-bond acceptors (Lipinski definition) is 4. The molecule has 2 aromatic rings. The van der Waals surface area contributed by atoms with E-state index in [9.17, 15) is 4.79 Å². The number of halogens is 1. The highest BCUT2D eigenvalue weighted by Gasteiger charge is 2.13. The molecular weight excluding hydrogens is 264 g/mol. The van der Waals surface area contributed by atoms with Crippen LogP contribution in [-0.4, -0.2) is 30.0 Å². The van der Waals surface area contributed by atoms with Gasteiger partial charge in [0.25, 0.3) is 5.91 Å². The number of carbonyl (C=O) groups is 1. The summed E-state index contributed by atoms with van der Waals surface area (Å²) in [7, 11) is 3.71. The highest BCUT2D eigenvalue weighted by molar-refractivity contribution is 6.34. The van der Waals surface area contributed by atoms with Gasteiger partial charge in [-0.25, -0.2) is 4.98 Å². The molecule has 6 heteroatoms. The standard InChI is InChI=1S/C13H13ClN4O/c1-18(2)12-11(4-3-6-16-12)17-13(19)9-8-15-7-5-10(9)14/h3-8H,1-2H3,(H,17,19). The minimum Gasteiger partial charge on any atom is -0.361 e. The molecule has 0 saturated heterocycles. The maximum atomic E-state index is 12.1. The lowest BCUT2D eigenvalue weighted by Crippen LogP contribution is -2.18. The van der Waals surface area contributed by atoms with E-state index in [1.807, 2.05) is 19.0 Å². The molecule has 2 heterocycles. The van der Waals surface area contributed by atoms with Crippen molar-refractivity contribution in [3.8, 4) is 0 Å². The van der Waals surface area contributed by atoms with Crippen molar-refractivity contribution in [3.63, 3.8) is 0 Å². The predicted octanol–water partition coefficient (Wildman–Crippen LogP) is 2.45. The van der Waals surface area contributed by atoms with E-state index in [0.717, 1.165) is 0 Å². The van der Waals surface area contributed by atoms with Crippen LogP contribution in [0.1, 0.15) is 10.4 Å². The molecule has 0 radical (unpaired) electrons. The molecule has 0 atom stereocenters. The molecule has 0 fully saturated rings. The second kappa shape index (κ2) is 5.67. The predicted molar refractivity (Wildman–Crippen MR) is 75.8 cm³/mol. The third-order valence-electron chi connectivity index (χ3n) is 2.47. The number of hydrogen-bond donors (Lipinski definition) is 1. The van der Waals surface area contributed by atoms with Crippen LogP contribution in [0.15, 0.2) is 36.8 Å². The number of anilines is 2. The topological polar surface area (TPSA) is 58.1 Å². The van der Waals surface area contributed by atoms with Crippen LogP contribution >= 0.6 is 11.6 Å². The highest BCUT2D eigenvalue weighted by Crippen LogP contribution is 2.22. The van der Waals surface area contributed by atoms with Crippen LogP contribution in [0.4, 0.5) is 11.5 Å². The van der Waals surface area contributed by atoms with Crippen molar-refractivity contribution in [2.24, 2.45) is 0 Å². The SMILES string of the molecule is CN(C)c1ncccc1NC(=O)c1cnccc1Cl. The summed E-state index contributed by atoms with van der Waals surface area (Å²) in [4.78, 5) is 22.1. The quantitative estimate of drug-likeness (QED) is 0.935. The zero-order chi connectivity index (χ0) is 13.8. The lowest BCUT2D eigenvalue weighted by Gasteiger charge is -2.16. The fourth-order valence-electron chi connectivity index (χ4n) is 1.59. The Labute approximate surface area is 116 Å². The van der Waals surface area contributed by atoms with Crippen LogP contribution in [0.5, 0.6) is 0 Å². The maximum absolute atomic E-state index is 12.1. The number of amides is 1. The Hall–Kier alpha value is -2.14. The highest BCUT2D eigenvalue weighted by atomic mass is 35.5. The molecule has 0 saturated carbocycles. The first-order chi connectivity index (χ1) is 9.09. The molecule has 0 unspecified atom stereocenters. The van der Waals surface area contributed by atoms with Gasteiger partial charge in [-0.15, -0.1) is 0 Å². The van der Waals surface area contributed by atoms with Crippen LogP contribution in [0.3, 0.4) is 0 Å². The summed E-state index contributed by atoms with van der Waals surface area (Å²) < 4.78 is 0. The second-order valence-electron chi connectivity index (χ2n) is 4.08. The Morgan fingerprint density at radius 2 is 2.11 bits per heavy atom. The molecule has 19 heavy (non-hydrogen) atoms. The number of nitrogens with one attached hydrogen (secondary N) is 1. The Bertz CT molecular complexity index is 601. The van der Waals surface area contributed by atoms with Crippen LogP contribution in [0, 0.1) is 0 Å². The lowest BCUT2D eigenvalue weighted by molar-refractivity contribution is 0.102. The summed E-state index contributed by atoms with van der Waals surface area (Å²) >= 11 is 5.96. The Kier molecular flexibility index (Phi) is 3.97. The molecule has 0 aliphatic heterocycles. The summed E-state index contributed by atoms with van der Waals surface area (Å²) in [5, 5.41) is 3.15. The van der Waals surface area contributed by atoms with Gasteiger partial charge in [0, 0.05) is 32.7 Å². The Balaban J connectivity index is 2.27. The normalized spacial score (nSPS) is 10.1. The number of carbonyl (C=O) groups excluding carboxylic acids is 1. The van der Waals surface area contributed by atoms with E-state index >= 15 is 0 Å². The minimum atomic E-state index is -0.311. The first-order valence-corrected chi connectivity index (χ1v) is 6.00. The summed E-state index contributed by atoms with van der Waals surface area (Å²) in [6.07, 6.45) is 4.64. The fraction of sp³-hybridized carbons (Fsp3) is 0.154. The Morgan fingerprint density at radius 1 is 1.32 bits per heavy atom. The number of nitrogens with zero attached hydrogens (tertiary/aromatic N) is 3. The van der Waals surface area contributed by atoms with E-state index in [2.05, 4.69) is 15.3 Å². The molecule has 2 aromatic heterocycles. The number of aromatic nitrogens is 2. The molecular formula is C13H13ClN4O. The van der Waals surface area contributed by atoms with Crippen molar-refractivity contribution in [2.45, 2.75) is 0 Å². The van der Waals surface area contributed by atoms with E-state index in [1.165, 1.54) is 12.4 Å². The van der Waals surface area contributed by atoms with Gasteiger partial charge in [-0.1, -0.05) is 11.6 Å². The Morgan fingerprint density at radius 3 is 2.79 bits per heavy atom. The molecule has 0 aliphatic rings. The van der Waals surface area contributed by atoms with E-state index in [-0.39, 0.29) is 5.91 Å². The van der Waals surface area contributed by atoms with Gasteiger partial charge in [0.15, 0.2) is 5.82 Å². The van der Waals surface area contributed by atoms with E-state index in [1.54, 1.807) is 24.4 Å². The molecule has 1 N–H and O–H groups in total. The lowest BCUT2D eigenvalue weighted by atomic mass is 10.2. The average Bonchev–Trinajstić information content (AvgIpc) is 2.39. The molecule has 5 nitrogen and oxygen atoms in total. The van der Waals surface area contributed by atoms with Gasteiger partial charge in [0.2, 0.25) is 0 Å². The zero-order valence-electron chi connectivity index (χ0n) is 10.6. The largest absolute Gasteiger partial charge is 0.361 e. The molecule has 0 bridgehead atoms. The van der Waals surface area contributed by atoms with Gasteiger partial charge in [-0.3, -0.25) is 9.78 Å². The summed E-state index contributed by atoms with van der Waals surface area (Å²) in [5.74, 6) is 0.366. The van der Waals surface area contributed by atoms with Gasteiger partial charge >= 0.3 is 0 Å². The first kappa shape index (κ1) is 13.3. The van der Waals surface area contributed by atoms with Crippen molar-refractivity contribution < 1.29 is 4.79 Å².